The van der Waals surface area contributed by atoms with Crippen molar-refractivity contribution < 1.29 is 24.0 Å². The van der Waals surface area contributed by atoms with Gasteiger partial charge in [0.15, 0.2) is 0 Å². The van der Waals surface area contributed by atoms with Gasteiger partial charge < -0.3 is 31.1 Å². The Balaban J connectivity index is 0.00000291. The fourth-order valence-corrected chi connectivity index (χ4v) is 8.81. The summed E-state index contributed by atoms with van der Waals surface area (Å²) in [5.41, 5.74) is -0.592. The molecule has 4 N–H and O–H groups in total. The quantitative estimate of drug-likeness (QED) is 0.106. The summed E-state index contributed by atoms with van der Waals surface area (Å²) in [5.74, 6) is -0.384. The molecule has 5 atom stereocenters. The second-order valence-corrected chi connectivity index (χ2v) is 17.6. The van der Waals surface area contributed by atoms with Crippen molar-refractivity contribution in [3.8, 4) is 12.3 Å². The zero-order chi connectivity index (χ0) is 43.2. The molecule has 1 aliphatic heterocycles. The van der Waals surface area contributed by atoms with E-state index in [-0.39, 0.29) is 49.1 Å². The Hall–Kier alpha value is -4.47. The normalized spacial score (nSPS) is 20.3. The molecular weight excluding hydrogens is 737 g/mol. The first-order valence-corrected chi connectivity index (χ1v) is 21.6. The maximum Gasteiger partial charge on any atom is 0.315 e. The molecule has 1 saturated heterocycles. The highest BCUT2D eigenvalue weighted by Gasteiger charge is 2.45. The molecule has 0 radical (unpaired) electrons. The summed E-state index contributed by atoms with van der Waals surface area (Å²) in [4.78, 5) is 96.9. The molecule has 0 spiro atoms. The number of Topliss-reactive ketones (excluding diaryl/α,β-unsaturated/α-hetero) is 1. The van der Waals surface area contributed by atoms with Gasteiger partial charge in [-0.3, -0.25) is 28.8 Å². The van der Waals surface area contributed by atoms with Crippen LogP contribution < -0.4 is 37.0 Å². The van der Waals surface area contributed by atoms with Gasteiger partial charge in [0, 0.05) is 38.7 Å². The predicted molar refractivity (Wildman–Crippen MR) is 229 cm³/mol. The fraction of sp³-hybridized carbons (Fsp3) is 0.711. The summed E-state index contributed by atoms with van der Waals surface area (Å²) in [5, 5.41) is 11.4. The van der Waals surface area contributed by atoms with E-state index in [1.54, 1.807) is 11.9 Å². The number of carbonyl (C=O) groups is 5. The maximum absolute atomic E-state index is 14.6. The summed E-state index contributed by atoms with van der Waals surface area (Å²) < 4.78 is 0. The minimum absolute atomic E-state index is 0.0562. The van der Waals surface area contributed by atoms with E-state index in [2.05, 4.69) is 47.6 Å². The minimum Gasteiger partial charge on any atom is -0.369 e. The van der Waals surface area contributed by atoms with Gasteiger partial charge in [-0.1, -0.05) is 92.6 Å². The van der Waals surface area contributed by atoms with E-state index >= 15 is 0 Å². The van der Waals surface area contributed by atoms with Gasteiger partial charge in [-0.05, 0) is 61.7 Å². The number of nitrogens with zero attached hydrogens (tertiary/aromatic N) is 2. The van der Waals surface area contributed by atoms with Crippen molar-refractivity contribution in [3.63, 3.8) is 0 Å². The van der Waals surface area contributed by atoms with E-state index in [0.717, 1.165) is 64.2 Å². The molecule has 58 heavy (non-hydrogen) atoms. The van der Waals surface area contributed by atoms with Crippen molar-refractivity contribution in [1.82, 2.24) is 26.2 Å². The summed E-state index contributed by atoms with van der Waals surface area (Å²) in [7, 11) is 1.79. The Kier molecular flexibility index (Phi) is 18.7. The van der Waals surface area contributed by atoms with E-state index in [1.807, 2.05) is 27.7 Å². The molecule has 3 fully saturated rings. The van der Waals surface area contributed by atoms with Crippen LogP contribution in [0.2, 0.25) is 0 Å². The molecule has 4 rings (SSSR count). The molecule has 2 saturated carbocycles. The molecule has 13 nitrogen and oxygen atoms in total. The van der Waals surface area contributed by atoms with Crippen molar-refractivity contribution in [2.24, 2.45) is 17.8 Å². The van der Waals surface area contributed by atoms with E-state index < -0.39 is 58.0 Å². The molecule has 0 aromatic heterocycles. The molecule has 1 aromatic rings. The smallest absolute Gasteiger partial charge is 0.315 e. The van der Waals surface area contributed by atoms with E-state index in [9.17, 15) is 33.6 Å². The van der Waals surface area contributed by atoms with Crippen LogP contribution in [0.5, 0.6) is 0 Å². The summed E-state index contributed by atoms with van der Waals surface area (Å²) in [6.45, 7) is 16.1. The highest BCUT2D eigenvalue weighted by molar-refractivity contribution is 6.38. The van der Waals surface area contributed by atoms with Crippen molar-refractivity contribution in [3.05, 3.63) is 38.7 Å². The number of terminal acetylenes is 1. The van der Waals surface area contributed by atoms with Gasteiger partial charge in [0.25, 0.3) is 5.91 Å². The number of nitrogens with one attached hydrogen (secondary N) is 4. The SMILES string of the molecule is C#CCCC(NC(=O)[C@@H]1C(C)CCN1C(=O)C(NC(=O)NC(CN(C)c1c(C(C)(C)C)c(=O)c1=O)C1CCCCC1)C1CCCCC1)C(=O)C(=O)NCC=C.CCC. The fourth-order valence-electron chi connectivity index (χ4n) is 8.81. The summed E-state index contributed by atoms with van der Waals surface area (Å²) in [6, 6.07) is -3.83. The number of urea groups is 1. The van der Waals surface area contributed by atoms with Crippen molar-refractivity contribution in [2.45, 2.75) is 161 Å². The molecule has 4 unspecified atom stereocenters. The van der Waals surface area contributed by atoms with E-state index in [4.69, 9.17) is 6.42 Å². The lowest BCUT2D eigenvalue weighted by Gasteiger charge is -2.38. The highest BCUT2D eigenvalue weighted by atomic mass is 16.2. The average molecular weight is 807 g/mol. The van der Waals surface area contributed by atoms with Crippen LogP contribution in [0.15, 0.2) is 22.2 Å². The Bertz CT molecular complexity index is 1690. The third-order valence-electron chi connectivity index (χ3n) is 11.8. The van der Waals surface area contributed by atoms with Gasteiger partial charge in [0.2, 0.25) is 28.5 Å². The van der Waals surface area contributed by atoms with Crippen molar-refractivity contribution in [1.29, 1.82) is 0 Å². The van der Waals surface area contributed by atoms with Crippen LogP contribution in [0.25, 0.3) is 0 Å². The van der Waals surface area contributed by atoms with E-state index in [1.165, 1.54) is 17.4 Å². The second-order valence-electron chi connectivity index (χ2n) is 17.6. The van der Waals surface area contributed by atoms with Gasteiger partial charge in [0.1, 0.15) is 12.1 Å². The van der Waals surface area contributed by atoms with Gasteiger partial charge in [-0.2, -0.15) is 0 Å². The van der Waals surface area contributed by atoms with Crippen LogP contribution in [-0.2, 0) is 24.6 Å². The van der Waals surface area contributed by atoms with Crippen LogP contribution in [0.1, 0.15) is 137 Å². The van der Waals surface area contributed by atoms with Gasteiger partial charge in [-0.15, -0.1) is 18.9 Å². The predicted octanol–water partition coefficient (Wildman–Crippen LogP) is 4.64. The number of hydrogen-bond acceptors (Lipinski definition) is 8. The number of likely N-dealkylation sites (N-methyl/N-ethyl adjacent to an activating group) is 1. The number of carbonyl (C=O) groups excluding carboxylic acids is 5. The topological polar surface area (TPSA) is 174 Å². The number of anilines is 1. The van der Waals surface area contributed by atoms with Gasteiger partial charge >= 0.3 is 6.03 Å². The Morgan fingerprint density at radius 3 is 2.05 bits per heavy atom. The molecule has 2 aliphatic carbocycles. The number of rotatable bonds is 16. The minimum atomic E-state index is -1.17. The molecule has 0 bridgehead atoms. The maximum atomic E-state index is 14.6. The average Bonchev–Trinajstić information content (AvgIpc) is 3.59. The third kappa shape index (κ3) is 12.5. The monoisotopic (exact) mass is 807 g/mol. The lowest BCUT2D eigenvalue weighted by atomic mass is 9.81. The van der Waals surface area contributed by atoms with Gasteiger partial charge in [0.05, 0.1) is 17.8 Å². The lowest BCUT2D eigenvalue weighted by molar-refractivity contribution is -0.144. The number of ketones is 1. The number of amides is 5. The third-order valence-corrected chi connectivity index (χ3v) is 11.8. The van der Waals surface area contributed by atoms with Crippen molar-refractivity contribution >= 4 is 35.2 Å². The molecule has 322 valence electrons. The summed E-state index contributed by atoms with van der Waals surface area (Å²) in [6.07, 6.45) is 18.2. The lowest BCUT2D eigenvalue weighted by Crippen LogP contribution is -2.61. The molecule has 1 aromatic carbocycles. The first kappa shape index (κ1) is 47.9. The molecule has 5 amide bonds. The Labute approximate surface area is 346 Å². The van der Waals surface area contributed by atoms with E-state index in [0.29, 0.717) is 30.8 Å². The Morgan fingerprint density at radius 1 is 0.914 bits per heavy atom. The van der Waals surface area contributed by atoms with Gasteiger partial charge in [-0.25, -0.2) is 4.79 Å². The van der Waals surface area contributed by atoms with Crippen LogP contribution in [0, 0.1) is 30.1 Å². The second kappa shape index (κ2) is 22.6. The van der Waals surface area contributed by atoms with Crippen LogP contribution >= 0.6 is 0 Å². The molecule has 3 aliphatic rings. The van der Waals surface area contributed by atoms with Crippen LogP contribution in [-0.4, -0.2) is 85.3 Å². The molecule has 1 heterocycles. The molecular formula is C45H70N6O7. The first-order valence-electron chi connectivity index (χ1n) is 21.6. The first-order chi connectivity index (χ1) is 27.5. The largest absolute Gasteiger partial charge is 0.369 e. The standard InChI is InChI=1S/C42H62N6O7.C3H8/c1-8-10-21-29(35(49)39(53)43-23-9-2)44-38(52)33-26(3)22-24-48(33)40(54)32(28-19-15-12-16-20-28)46-41(55)45-30(27-17-13-11-14-18-27)25-47(7)34-31(42(4,5)6)36(50)37(34)51;1-3-2/h1,9,26-30,32-33H,2,10-25H2,3-7H3,(H,43,53)(H,44,52)(H2,45,46,55);3H2,1-2H3/t26?,29?,30?,32?,33-;/m0./s1. The van der Waals surface area contributed by atoms with Crippen LogP contribution in [0.3, 0.4) is 0 Å². The molecule has 13 heteroatoms. The zero-order valence-corrected chi connectivity index (χ0v) is 36.2. The van der Waals surface area contributed by atoms with Crippen molar-refractivity contribution in [2.75, 3.05) is 31.6 Å². The highest BCUT2D eigenvalue weighted by Crippen LogP contribution is 2.33. The van der Waals surface area contributed by atoms with Crippen LogP contribution in [0.4, 0.5) is 10.5 Å². The Morgan fingerprint density at radius 2 is 1.50 bits per heavy atom. The number of likely N-dealkylation sites (tertiary alicyclic amines) is 1. The zero-order valence-electron chi connectivity index (χ0n) is 36.2. The summed E-state index contributed by atoms with van der Waals surface area (Å²) >= 11 is 0. The number of hydrogen-bond donors (Lipinski definition) is 4.